The standard InChI is InChI=1S/C16H29NO/c1-16(17-13-9-10-14-17)12-8-6-4-2-3-5-7-11-15-18/h9-10,13-14,16,18H,2-8,11-12,15H2,1H3. The first-order valence-electron chi connectivity index (χ1n) is 7.58. The topological polar surface area (TPSA) is 25.2 Å². The average molecular weight is 251 g/mol. The Morgan fingerprint density at radius 1 is 0.833 bits per heavy atom. The van der Waals surface area contributed by atoms with E-state index in [-0.39, 0.29) is 0 Å². The maximum absolute atomic E-state index is 8.67. The number of aliphatic hydroxyl groups is 1. The van der Waals surface area contributed by atoms with Crippen molar-refractivity contribution in [2.75, 3.05) is 6.61 Å². The van der Waals surface area contributed by atoms with Crippen LogP contribution >= 0.6 is 0 Å². The van der Waals surface area contributed by atoms with Gasteiger partial charge in [0.05, 0.1) is 0 Å². The fourth-order valence-corrected chi connectivity index (χ4v) is 2.40. The van der Waals surface area contributed by atoms with Crippen molar-refractivity contribution in [3.8, 4) is 0 Å². The Kier molecular flexibility index (Phi) is 8.66. The molecule has 2 nitrogen and oxygen atoms in total. The van der Waals surface area contributed by atoms with E-state index in [1.807, 2.05) is 0 Å². The molecule has 0 amide bonds. The molecule has 0 aliphatic carbocycles. The second kappa shape index (κ2) is 10.2. The summed E-state index contributed by atoms with van der Waals surface area (Å²) < 4.78 is 2.30. The van der Waals surface area contributed by atoms with Crippen LogP contribution < -0.4 is 0 Å². The molecule has 0 aliphatic heterocycles. The fourth-order valence-electron chi connectivity index (χ4n) is 2.40. The van der Waals surface area contributed by atoms with Gasteiger partial charge in [-0.25, -0.2) is 0 Å². The van der Waals surface area contributed by atoms with E-state index in [9.17, 15) is 0 Å². The highest BCUT2D eigenvalue weighted by Crippen LogP contribution is 2.16. The van der Waals surface area contributed by atoms with Crippen LogP contribution in [0.4, 0.5) is 0 Å². The lowest BCUT2D eigenvalue weighted by molar-refractivity contribution is 0.282. The molecule has 0 aromatic carbocycles. The van der Waals surface area contributed by atoms with E-state index in [2.05, 4.69) is 36.0 Å². The SMILES string of the molecule is CC(CCCCCCCCCCO)n1cccc1. The summed E-state index contributed by atoms with van der Waals surface area (Å²) in [5.74, 6) is 0. The molecule has 1 atom stereocenters. The summed E-state index contributed by atoms with van der Waals surface area (Å²) in [7, 11) is 0. The molecule has 0 radical (unpaired) electrons. The van der Waals surface area contributed by atoms with Gasteiger partial charge in [0, 0.05) is 25.0 Å². The lowest BCUT2D eigenvalue weighted by atomic mass is 10.1. The second-order valence-corrected chi connectivity index (χ2v) is 5.32. The summed E-state index contributed by atoms with van der Waals surface area (Å²) in [5.41, 5.74) is 0. The predicted octanol–water partition coefficient (Wildman–Crippen LogP) is 4.55. The molecule has 1 aromatic heterocycles. The van der Waals surface area contributed by atoms with E-state index < -0.39 is 0 Å². The fraction of sp³-hybridized carbons (Fsp3) is 0.750. The smallest absolute Gasteiger partial charge is 0.0431 e. The Morgan fingerprint density at radius 3 is 1.89 bits per heavy atom. The van der Waals surface area contributed by atoms with Crippen LogP contribution in [0.15, 0.2) is 24.5 Å². The van der Waals surface area contributed by atoms with Crippen molar-refractivity contribution in [3.05, 3.63) is 24.5 Å². The first-order valence-corrected chi connectivity index (χ1v) is 7.58. The lowest BCUT2D eigenvalue weighted by Gasteiger charge is -2.13. The zero-order valence-corrected chi connectivity index (χ0v) is 11.9. The number of hydrogen-bond acceptors (Lipinski definition) is 1. The highest BCUT2D eigenvalue weighted by atomic mass is 16.2. The molecule has 0 spiro atoms. The molecular weight excluding hydrogens is 222 g/mol. The zero-order valence-electron chi connectivity index (χ0n) is 11.9. The maximum Gasteiger partial charge on any atom is 0.0431 e. The molecular formula is C16H29NO. The molecule has 1 unspecified atom stereocenters. The van der Waals surface area contributed by atoms with E-state index >= 15 is 0 Å². The van der Waals surface area contributed by atoms with Crippen LogP contribution in [0.25, 0.3) is 0 Å². The highest BCUT2D eigenvalue weighted by Gasteiger charge is 2.02. The van der Waals surface area contributed by atoms with Gasteiger partial charge >= 0.3 is 0 Å². The van der Waals surface area contributed by atoms with Gasteiger partial charge in [-0.1, -0.05) is 44.9 Å². The van der Waals surface area contributed by atoms with Gasteiger partial charge in [-0.05, 0) is 31.9 Å². The zero-order chi connectivity index (χ0) is 13.1. The van der Waals surface area contributed by atoms with Crippen LogP contribution in [-0.4, -0.2) is 16.3 Å². The summed E-state index contributed by atoms with van der Waals surface area (Å²) in [6.45, 7) is 2.66. The number of unbranched alkanes of at least 4 members (excludes halogenated alkanes) is 7. The van der Waals surface area contributed by atoms with E-state index in [4.69, 9.17) is 5.11 Å². The first-order chi connectivity index (χ1) is 8.84. The van der Waals surface area contributed by atoms with Crippen LogP contribution in [0.3, 0.4) is 0 Å². The van der Waals surface area contributed by atoms with Gasteiger partial charge < -0.3 is 9.67 Å². The van der Waals surface area contributed by atoms with Gasteiger partial charge in [-0.15, -0.1) is 0 Å². The molecule has 0 fully saturated rings. The maximum atomic E-state index is 8.67. The third-order valence-electron chi connectivity index (χ3n) is 3.67. The molecule has 1 aromatic rings. The van der Waals surface area contributed by atoms with E-state index in [1.165, 1.54) is 51.4 Å². The molecule has 1 N–H and O–H groups in total. The summed E-state index contributed by atoms with van der Waals surface area (Å²) in [6.07, 6.45) is 15.9. The van der Waals surface area contributed by atoms with Gasteiger partial charge in [-0.2, -0.15) is 0 Å². The molecule has 104 valence electrons. The Bertz CT molecular complexity index is 269. The average Bonchev–Trinajstić information content (AvgIpc) is 2.90. The molecule has 1 heterocycles. The van der Waals surface area contributed by atoms with Crippen molar-refractivity contribution in [1.29, 1.82) is 0 Å². The van der Waals surface area contributed by atoms with Crippen molar-refractivity contribution >= 4 is 0 Å². The molecule has 0 saturated carbocycles. The van der Waals surface area contributed by atoms with Crippen LogP contribution in [-0.2, 0) is 0 Å². The molecule has 0 bridgehead atoms. The van der Waals surface area contributed by atoms with Crippen molar-refractivity contribution < 1.29 is 5.11 Å². The lowest BCUT2D eigenvalue weighted by Crippen LogP contribution is -2.01. The van der Waals surface area contributed by atoms with Gasteiger partial charge in [0.2, 0.25) is 0 Å². The Hall–Kier alpha value is -0.760. The number of aromatic nitrogens is 1. The predicted molar refractivity (Wildman–Crippen MR) is 77.8 cm³/mol. The largest absolute Gasteiger partial charge is 0.396 e. The quantitative estimate of drug-likeness (QED) is 0.573. The van der Waals surface area contributed by atoms with E-state index in [1.54, 1.807) is 0 Å². The van der Waals surface area contributed by atoms with Crippen molar-refractivity contribution in [1.82, 2.24) is 4.57 Å². The number of hydrogen-bond donors (Lipinski definition) is 1. The third-order valence-corrected chi connectivity index (χ3v) is 3.67. The number of rotatable bonds is 11. The monoisotopic (exact) mass is 251 g/mol. The summed E-state index contributed by atoms with van der Waals surface area (Å²) in [6, 6.07) is 4.84. The Labute approximate surface area is 112 Å². The van der Waals surface area contributed by atoms with Crippen molar-refractivity contribution in [2.45, 2.75) is 70.8 Å². The van der Waals surface area contributed by atoms with Gasteiger partial charge in [-0.3, -0.25) is 0 Å². The van der Waals surface area contributed by atoms with Gasteiger partial charge in [0.1, 0.15) is 0 Å². The minimum atomic E-state index is 0.358. The van der Waals surface area contributed by atoms with Crippen molar-refractivity contribution in [2.24, 2.45) is 0 Å². The molecule has 0 aliphatic rings. The number of nitrogens with zero attached hydrogens (tertiary/aromatic N) is 1. The van der Waals surface area contributed by atoms with Crippen LogP contribution in [0.2, 0.25) is 0 Å². The van der Waals surface area contributed by atoms with Crippen LogP contribution in [0.1, 0.15) is 70.8 Å². The molecule has 1 rings (SSSR count). The van der Waals surface area contributed by atoms with Crippen LogP contribution in [0.5, 0.6) is 0 Å². The van der Waals surface area contributed by atoms with E-state index in [0.717, 1.165) is 6.42 Å². The first kappa shape index (κ1) is 15.3. The second-order valence-electron chi connectivity index (χ2n) is 5.32. The number of aliphatic hydroxyl groups excluding tert-OH is 1. The Morgan fingerprint density at radius 2 is 1.33 bits per heavy atom. The van der Waals surface area contributed by atoms with Gasteiger partial charge in [0.25, 0.3) is 0 Å². The summed E-state index contributed by atoms with van der Waals surface area (Å²) in [4.78, 5) is 0. The third kappa shape index (κ3) is 6.85. The molecule has 0 saturated heterocycles. The molecule has 18 heavy (non-hydrogen) atoms. The minimum Gasteiger partial charge on any atom is -0.396 e. The normalized spacial score (nSPS) is 12.8. The molecule has 2 heteroatoms. The minimum absolute atomic E-state index is 0.358. The summed E-state index contributed by atoms with van der Waals surface area (Å²) >= 11 is 0. The van der Waals surface area contributed by atoms with E-state index in [0.29, 0.717) is 12.6 Å². The van der Waals surface area contributed by atoms with Crippen molar-refractivity contribution in [3.63, 3.8) is 0 Å². The summed E-state index contributed by atoms with van der Waals surface area (Å²) in [5, 5.41) is 8.67. The van der Waals surface area contributed by atoms with Crippen LogP contribution in [0, 0.1) is 0 Å². The Balaban J connectivity index is 1.87. The highest BCUT2D eigenvalue weighted by molar-refractivity contribution is 4.92. The van der Waals surface area contributed by atoms with Gasteiger partial charge in [0.15, 0.2) is 0 Å².